The molecule has 3 rings (SSSR count). The molecule has 0 radical (unpaired) electrons. The van der Waals surface area contributed by atoms with Gasteiger partial charge >= 0.3 is 0 Å². The fourth-order valence-electron chi connectivity index (χ4n) is 3.78. The first-order chi connectivity index (χ1) is 9.56. The SMILES string of the molecule is Cc1ccc(Cl)cc1N1CC2CCCN2CC1C(C)C. The van der Waals surface area contributed by atoms with E-state index in [1.54, 1.807) is 0 Å². The van der Waals surface area contributed by atoms with E-state index >= 15 is 0 Å². The largest absolute Gasteiger partial charge is 0.365 e. The number of nitrogens with zero attached hydrogens (tertiary/aromatic N) is 2. The average Bonchev–Trinajstić information content (AvgIpc) is 2.87. The van der Waals surface area contributed by atoms with Gasteiger partial charge in [0.2, 0.25) is 0 Å². The van der Waals surface area contributed by atoms with Crippen LogP contribution in [-0.2, 0) is 0 Å². The lowest BCUT2D eigenvalue weighted by atomic mass is 9.95. The molecular formula is C17H25ClN2. The fraction of sp³-hybridized carbons (Fsp3) is 0.647. The van der Waals surface area contributed by atoms with Crippen LogP contribution in [-0.4, -0.2) is 36.6 Å². The van der Waals surface area contributed by atoms with E-state index in [2.05, 4.69) is 42.7 Å². The van der Waals surface area contributed by atoms with Crippen molar-refractivity contribution in [3.63, 3.8) is 0 Å². The predicted molar refractivity (Wildman–Crippen MR) is 86.8 cm³/mol. The first-order valence-corrected chi connectivity index (χ1v) is 8.21. The second-order valence-corrected chi connectivity index (χ2v) is 7.12. The van der Waals surface area contributed by atoms with E-state index in [0.29, 0.717) is 12.0 Å². The van der Waals surface area contributed by atoms with Crippen molar-refractivity contribution in [1.29, 1.82) is 0 Å². The Labute approximate surface area is 127 Å². The van der Waals surface area contributed by atoms with Gasteiger partial charge in [0.25, 0.3) is 0 Å². The number of aryl methyl sites for hydroxylation is 1. The predicted octanol–water partition coefficient (Wildman–Crippen LogP) is 3.96. The topological polar surface area (TPSA) is 6.48 Å². The molecule has 2 aliphatic heterocycles. The Morgan fingerprint density at radius 3 is 2.80 bits per heavy atom. The number of benzene rings is 1. The van der Waals surface area contributed by atoms with Crippen molar-refractivity contribution in [2.45, 2.75) is 45.7 Å². The third-order valence-electron chi connectivity index (χ3n) is 4.98. The van der Waals surface area contributed by atoms with Crippen molar-refractivity contribution in [1.82, 2.24) is 4.90 Å². The van der Waals surface area contributed by atoms with Crippen molar-refractivity contribution < 1.29 is 0 Å². The summed E-state index contributed by atoms with van der Waals surface area (Å²) in [5, 5.41) is 0.849. The molecule has 0 amide bonds. The van der Waals surface area contributed by atoms with E-state index in [1.807, 2.05) is 6.07 Å². The molecule has 110 valence electrons. The lowest BCUT2D eigenvalue weighted by molar-refractivity contribution is 0.176. The van der Waals surface area contributed by atoms with Crippen molar-refractivity contribution in [2.75, 3.05) is 24.5 Å². The van der Waals surface area contributed by atoms with Crippen LogP contribution in [0, 0.1) is 12.8 Å². The first-order valence-electron chi connectivity index (χ1n) is 7.83. The van der Waals surface area contributed by atoms with Gasteiger partial charge in [0, 0.05) is 35.9 Å². The Morgan fingerprint density at radius 1 is 1.25 bits per heavy atom. The van der Waals surface area contributed by atoms with Gasteiger partial charge in [-0.3, -0.25) is 4.90 Å². The van der Waals surface area contributed by atoms with Gasteiger partial charge in [-0.2, -0.15) is 0 Å². The molecule has 0 aromatic heterocycles. The highest BCUT2D eigenvalue weighted by atomic mass is 35.5. The summed E-state index contributed by atoms with van der Waals surface area (Å²) in [6.45, 7) is 10.5. The van der Waals surface area contributed by atoms with Crippen molar-refractivity contribution >= 4 is 17.3 Å². The number of hydrogen-bond acceptors (Lipinski definition) is 2. The monoisotopic (exact) mass is 292 g/mol. The van der Waals surface area contributed by atoms with E-state index < -0.39 is 0 Å². The molecule has 0 aliphatic carbocycles. The lowest BCUT2D eigenvalue weighted by Crippen LogP contribution is -2.58. The van der Waals surface area contributed by atoms with Gasteiger partial charge in [-0.1, -0.05) is 31.5 Å². The molecule has 3 heteroatoms. The minimum Gasteiger partial charge on any atom is -0.365 e. The Balaban J connectivity index is 1.93. The molecule has 0 saturated carbocycles. The molecule has 2 aliphatic rings. The molecule has 2 atom stereocenters. The third-order valence-corrected chi connectivity index (χ3v) is 5.21. The smallest absolute Gasteiger partial charge is 0.0440 e. The number of hydrogen-bond donors (Lipinski definition) is 0. The van der Waals surface area contributed by atoms with Gasteiger partial charge in [0.1, 0.15) is 0 Å². The van der Waals surface area contributed by atoms with Gasteiger partial charge in [-0.15, -0.1) is 0 Å². The summed E-state index contributed by atoms with van der Waals surface area (Å²) in [5.41, 5.74) is 2.68. The maximum Gasteiger partial charge on any atom is 0.0440 e. The quantitative estimate of drug-likeness (QED) is 0.814. The van der Waals surface area contributed by atoms with Crippen LogP contribution in [0.5, 0.6) is 0 Å². The van der Waals surface area contributed by atoms with Crippen LogP contribution in [0.3, 0.4) is 0 Å². The Morgan fingerprint density at radius 2 is 2.05 bits per heavy atom. The summed E-state index contributed by atoms with van der Waals surface area (Å²) in [6.07, 6.45) is 2.71. The highest BCUT2D eigenvalue weighted by molar-refractivity contribution is 6.30. The normalized spacial score (nSPS) is 27.1. The van der Waals surface area contributed by atoms with Crippen LogP contribution in [0.4, 0.5) is 5.69 Å². The zero-order valence-electron chi connectivity index (χ0n) is 12.8. The molecule has 20 heavy (non-hydrogen) atoms. The maximum absolute atomic E-state index is 6.24. The minimum atomic E-state index is 0.599. The van der Waals surface area contributed by atoms with E-state index in [-0.39, 0.29) is 0 Å². The lowest BCUT2D eigenvalue weighted by Gasteiger charge is -2.47. The van der Waals surface area contributed by atoms with Crippen LogP contribution < -0.4 is 4.90 Å². The second kappa shape index (κ2) is 5.57. The zero-order valence-corrected chi connectivity index (χ0v) is 13.5. The minimum absolute atomic E-state index is 0.599. The summed E-state index contributed by atoms with van der Waals surface area (Å²) >= 11 is 6.24. The average molecular weight is 293 g/mol. The molecule has 2 fully saturated rings. The fourth-order valence-corrected chi connectivity index (χ4v) is 3.95. The summed E-state index contributed by atoms with van der Waals surface area (Å²) in [5.74, 6) is 0.662. The molecule has 2 heterocycles. The van der Waals surface area contributed by atoms with Crippen LogP contribution in [0.15, 0.2) is 18.2 Å². The van der Waals surface area contributed by atoms with Crippen molar-refractivity contribution in [3.05, 3.63) is 28.8 Å². The summed E-state index contributed by atoms with van der Waals surface area (Å²) < 4.78 is 0. The third kappa shape index (κ3) is 2.56. The van der Waals surface area contributed by atoms with Crippen molar-refractivity contribution in [2.24, 2.45) is 5.92 Å². The van der Waals surface area contributed by atoms with Crippen LogP contribution in [0.1, 0.15) is 32.3 Å². The maximum atomic E-state index is 6.24. The summed E-state index contributed by atoms with van der Waals surface area (Å²) in [4.78, 5) is 5.32. The van der Waals surface area contributed by atoms with E-state index in [4.69, 9.17) is 11.6 Å². The number of halogens is 1. The van der Waals surface area contributed by atoms with Gasteiger partial charge in [0.05, 0.1) is 0 Å². The highest BCUT2D eigenvalue weighted by Gasteiger charge is 2.37. The van der Waals surface area contributed by atoms with E-state index in [0.717, 1.165) is 17.6 Å². The summed E-state index contributed by atoms with van der Waals surface area (Å²) in [6, 6.07) is 7.63. The first kappa shape index (κ1) is 14.2. The number of anilines is 1. The van der Waals surface area contributed by atoms with Crippen LogP contribution in [0.2, 0.25) is 5.02 Å². The number of fused-ring (bicyclic) bond motifs is 1. The molecule has 2 unspecified atom stereocenters. The van der Waals surface area contributed by atoms with Crippen LogP contribution >= 0.6 is 11.6 Å². The Bertz CT molecular complexity index is 486. The molecule has 1 aromatic rings. The van der Waals surface area contributed by atoms with E-state index in [1.165, 1.54) is 37.2 Å². The Kier molecular flexibility index (Phi) is 3.96. The highest BCUT2D eigenvalue weighted by Crippen LogP contribution is 2.34. The molecule has 0 bridgehead atoms. The zero-order chi connectivity index (χ0) is 14.3. The standard InChI is InChI=1S/C17H25ClN2/c1-12(2)17-11-19-8-4-5-15(19)10-20(17)16-9-14(18)7-6-13(16)3/h6-7,9,12,15,17H,4-5,8,10-11H2,1-3H3. The van der Waals surface area contributed by atoms with Gasteiger partial charge in [-0.05, 0) is 49.9 Å². The van der Waals surface area contributed by atoms with E-state index in [9.17, 15) is 0 Å². The molecular weight excluding hydrogens is 268 g/mol. The number of piperazine rings is 1. The van der Waals surface area contributed by atoms with Gasteiger partial charge in [-0.25, -0.2) is 0 Å². The molecule has 0 N–H and O–H groups in total. The molecule has 2 nitrogen and oxygen atoms in total. The van der Waals surface area contributed by atoms with Gasteiger partial charge < -0.3 is 4.90 Å². The molecule has 1 aromatic carbocycles. The molecule has 2 saturated heterocycles. The number of rotatable bonds is 2. The second-order valence-electron chi connectivity index (χ2n) is 6.69. The van der Waals surface area contributed by atoms with Crippen molar-refractivity contribution in [3.8, 4) is 0 Å². The van der Waals surface area contributed by atoms with Crippen LogP contribution in [0.25, 0.3) is 0 Å². The van der Waals surface area contributed by atoms with Gasteiger partial charge in [0.15, 0.2) is 0 Å². The Hall–Kier alpha value is -0.730. The summed E-state index contributed by atoms with van der Waals surface area (Å²) in [7, 11) is 0. The molecule has 0 spiro atoms.